The van der Waals surface area contributed by atoms with Crippen molar-refractivity contribution in [2.75, 3.05) is 27.2 Å². The van der Waals surface area contributed by atoms with Crippen molar-refractivity contribution in [2.45, 2.75) is 13.8 Å². The minimum Gasteiger partial charge on any atom is -0.347 e. The molecule has 0 atom stereocenters. The third kappa shape index (κ3) is 4.06. The molecule has 0 aliphatic carbocycles. The Balaban J connectivity index is 2.95. The largest absolute Gasteiger partial charge is 0.347 e. The highest BCUT2D eigenvalue weighted by Gasteiger charge is 2.20. The van der Waals surface area contributed by atoms with E-state index in [1.165, 1.54) is 4.90 Å². The minimum absolute atomic E-state index is 0.0843. The highest BCUT2D eigenvalue weighted by molar-refractivity contribution is 9.10. The molecule has 0 bridgehead atoms. The second-order valence-electron chi connectivity index (χ2n) is 4.59. The van der Waals surface area contributed by atoms with Gasteiger partial charge in [-0.05, 0) is 41.9 Å². The van der Waals surface area contributed by atoms with Crippen molar-refractivity contribution in [2.24, 2.45) is 0 Å². The summed E-state index contributed by atoms with van der Waals surface area (Å²) in [6.07, 6.45) is 0. The number of benzene rings is 1. The molecule has 0 fully saturated rings. The van der Waals surface area contributed by atoms with Crippen LogP contribution in [0.25, 0.3) is 0 Å². The quantitative estimate of drug-likeness (QED) is 0.851. The minimum atomic E-state index is -0.131. The first-order chi connectivity index (χ1) is 8.86. The van der Waals surface area contributed by atoms with Gasteiger partial charge >= 0.3 is 0 Å². The standard InChI is InChI=1S/C14H19BrN2O2/c1-5-17(9-13(18)16(3)4)14(19)11-8-10(2)6-7-12(11)15/h6-8H,5,9H2,1-4H3. The number of carbonyl (C=O) groups is 2. The molecule has 0 N–H and O–H groups in total. The van der Waals surface area contributed by atoms with Crippen LogP contribution < -0.4 is 0 Å². The summed E-state index contributed by atoms with van der Waals surface area (Å²) < 4.78 is 0.749. The van der Waals surface area contributed by atoms with Gasteiger partial charge in [-0.3, -0.25) is 9.59 Å². The van der Waals surface area contributed by atoms with Crippen LogP contribution in [0.2, 0.25) is 0 Å². The van der Waals surface area contributed by atoms with Gasteiger partial charge in [-0.1, -0.05) is 11.6 Å². The van der Waals surface area contributed by atoms with E-state index in [0.29, 0.717) is 12.1 Å². The van der Waals surface area contributed by atoms with E-state index in [-0.39, 0.29) is 18.4 Å². The van der Waals surface area contributed by atoms with E-state index in [2.05, 4.69) is 15.9 Å². The van der Waals surface area contributed by atoms with Crippen LogP contribution in [0.1, 0.15) is 22.8 Å². The Kier molecular flexibility index (Phi) is 5.54. The number of carbonyl (C=O) groups excluding carboxylic acids is 2. The molecule has 0 radical (unpaired) electrons. The molecular weight excluding hydrogens is 308 g/mol. The van der Waals surface area contributed by atoms with Gasteiger partial charge in [-0.15, -0.1) is 0 Å². The van der Waals surface area contributed by atoms with Crippen molar-refractivity contribution in [3.8, 4) is 0 Å². The Morgan fingerprint density at radius 2 is 1.89 bits per heavy atom. The smallest absolute Gasteiger partial charge is 0.255 e. The monoisotopic (exact) mass is 326 g/mol. The molecule has 0 heterocycles. The normalized spacial score (nSPS) is 10.2. The maximum atomic E-state index is 12.4. The fourth-order valence-corrected chi connectivity index (χ4v) is 2.02. The fraction of sp³-hybridized carbons (Fsp3) is 0.429. The van der Waals surface area contributed by atoms with Crippen molar-refractivity contribution in [1.82, 2.24) is 9.80 Å². The van der Waals surface area contributed by atoms with Crippen molar-refractivity contribution in [3.63, 3.8) is 0 Å². The van der Waals surface area contributed by atoms with Gasteiger partial charge in [-0.2, -0.15) is 0 Å². The molecular formula is C14H19BrN2O2. The van der Waals surface area contributed by atoms with E-state index >= 15 is 0 Å². The zero-order valence-electron chi connectivity index (χ0n) is 11.7. The lowest BCUT2D eigenvalue weighted by molar-refractivity contribution is -0.129. The van der Waals surface area contributed by atoms with Gasteiger partial charge in [0, 0.05) is 25.1 Å². The lowest BCUT2D eigenvalue weighted by atomic mass is 10.1. The second-order valence-corrected chi connectivity index (χ2v) is 5.45. The van der Waals surface area contributed by atoms with Crippen LogP contribution in [0, 0.1) is 6.92 Å². The van der Waals surface area contributed by atoms with Gasteiger partial charge in [-0.25, -0.2) is 0 Å². The number of nitrogens with zero attached hydrogens (tertiary/aromatic N) is 2. The summed E-state index contributed by atoms with van der Waals surface area (Å²) in [7, 11) is 3.37. The number of amides is 2. The highest BCUT2D eigenvalue weighted by Crippen LogP contribution is 2.20. The molecule has 1 aromatic carbocycles. The van der Waals surface area contributed by atoms with Crippen LogP contribution in [-0.2, 0) is 4.79 Å². The Hall–Kier alpha value is -1.36. The molecule has 0 saturated carbocycles. The molecule has 0 saturated heterocycles. The summed E-state index contributed by atoms with van der Waals surface area (Å²) in [4.78, 5) is 27.2. The van der Waals surface area contributed by atoms with Gasteiger partial charge in [0.1, 0.15) is 0 Å². The van der Waals surface area contributed by atoms with Crippen molar-refractivity contribution >= 4 is 27.7 Å². The number of aryl methyl sites for hydroxylation is 1. The van der Waals surface area contributed by atoms with E-state index in [9.17, 15) is 9.59 Å². The number of rotatable bonds is 4. The van der Waals surface area contributed by atoms with Crippen molar-refractivity contribution in [1.29, 1.82) is 0 Å². The van der Waals surface area contributed by atoms with E-state index < -0.39 is 0 Å². The summed E-state index contributed by atoms with van der Waals surface area (Å²) in [5, 5.41) is 0. The van der Waals surface area contributed by atoms with Crippen LogP contribution in [0.3, 0.4) is 0 Å². The predicted molar refractivity (Wildman–Crippen MR) is 79.2 cm³/mol. The maximum absolute atomic E-state index is 12.4. The van der Waals surface area contributed by atoms with Crippen LogP contribution in [-0.4, -0.2) is 48.8 Å². The molecule has 0 spiro atoms. The Bertz CT molecular complexity index is 486. The topological polar surface area (TPSA) is 40.6 Å². The number of likely N-dealkylation sites (N-methyl/N-ethyl adjacent to an activating group) is 2. The molecule has 1 aromatic rings. The summed E-state index contributed by atoms with van der Waals surface area (Å²) >= 11 is 3.38. The van der Waals surface area contributed by atoms with E-state index in [1.807, 2.05) is 32.0 Å². The second kappa shape index (κ2) is 6.70. The number of hydrogen-bond donors (Lipinski definition) is 0. The van der Waals surface area contributed by atoms with Gasteiger partial charge < -0.3 is 9.80 Å². The first-order valence-electron chi connectivity index (χ1n) is 6.12. The van der Waals surface area contributed by atoms with Crippen LogP contribution in [0.5, 0.6) is 0 Å². The van der Waals surface area contributed by atoms with Crippen LogP contribution in [0.4, 0.5) is 0 Å². The van der Waals surface area contributed by atoms with Crippen molar-refractivity contribution in [3.05, 3.63) is 33.8 Å². The summed E-state index contributed by atoms with van der Waals surface area (Å²) in [5.41, 5.74) is 1.61. The average Bonchev–Trinajstić information content (AvgIpc) is 2.37. The zero-order valence-corrected chi connectivity index (χ0v) is 13.3. The Morgan fingerprint density at radius 3 is 2.42 bits per heavy atom. The average molecular weight is 327 g/mol. The van der Waals surface area contributed by atoms with E-state index in [1.54, 1.807) is 19.0 Å². The van der Waals surface area contributed by atoms with Crippen LogP contribution in [0.15, 0.2) is 22.7 Å². The Labute approximate surface area is 122 Å². The molecule has 4 nitrogen and oxygen atoms in total. The fourth-order valence-electron chi connectivity index (χ4n) is 1.61. The summed E-state index contributed by atoms with van der Waals surface area (Å²) in [6, 6.07) is 5.61. The highest BCUT2D eigenvalue weighted by atomic mass is 79.9. The molecule has 2 amide bonds. The lowest BCUT2D eigenvalue weighted by Crippen LogP contribution is -2.40. The van der Waals surface area contributed by atoms with Gasteiger partial charge in [0.2, 0.25) is 5.91 Å². The van der Waals surface area contributed by atoms with E-state index in [4.69, 9.17) is 0 Å². The molecule has 5 heteroatoms. The zero-order chi connectivity index (χ0) is 14.6. The van der Waals surface area contributed by atoms with Gasteiger partial charge in [0.05, 0.1) is 12.1 Å². The van der Waals surface area contributed by atoms with E-state index in [0.717, 1.165) is 10.0 Å². The molecule has 19 heavy (non-hydrogen) atoms. The SMILES string of the molecule is CCN(CC(=O)N(C)C)C(=O)c1cc(C)ccc1Br. The predicted octanol–water partition coefficient (Wildman–Crippen LogP) is 2.31. The lowest BCUT2D eigenvalue weighted by Gasteiger charge is -2.23. The van der Waals surface area contributed by atoms with Crippen LogP contribution >= 0.6 is 15.9 Å². The first-order valence-corrected chi connectivity index (χ1v) is 6.91. The summed E-state index contributed by atoms with van der Waals surface area (Å²) in [5.74, 6) is -0.216. The van der Waals surface area contributed by atoms with Gasteiger partial charge in [0.15, 0.2) is 0 Å². The molecule has 0 aromatic heterocycles. The third-order valence-corrected chi connectivity index (χ3v) is 3.54. The molecule has 0 aliphatic rings. The first kappa shape index (κ1) is 15.7. The third-order valence-electron chi connectivity index (χ3n) is 2.85. The molecule has 0 aliphatic heterocycles. The Morgan fingerprint density at radius 1 is 1.26 bits per heavy atom. The molecule has 0 unspecified atom stereocenters. The van der Waals surface area contributed by atoms with Crippen molar-refractivity contribution < 1.29 is 9.59 Å². The van der Waals surface area contributed by atoms with Gasteiger partial charge in [0.25, 0.3) is 5.91 Å². The molecule has 104 valence electrons. The molecule has 1 rings (SSSR count). The number of hydrogen-bond acceptors (Lipinski definition) is 2. The summed E-state index contributed by atoms with van der Waals surface area (Å²) in [6.45, 7) is 4.40. The number of halogens is 1. The maximum Gasteiger partial charge on any atom is 0.255 e.